The molecule has 1 atom stereocenters. The maximum Gasteiger partial charge on any atom is 0.271 e. The highest BCUT2D eigenvalue weighted by molar-refractivity contribution is 7.17. The Bertz CT molecular complexity index is 789. The second-order valence-corrected chi connectivity index (χ2v) is 6.01. The van der Waals surface area contributed by atoms with Crippen LogP contribution < -0.4 is 5.56 Å². The number of hydrogen-bond donors (Lipinski definition) is 1. The molecule has 0 aliphatic carbocycles. The van der Waals surface area contributed by atoms with E-state index >= 15 is 0 Å². The van der Waals surface area contributed by atoms with Crippen molar-refractivity contribution in [1.82, 2.24) is 9.55 Å². The third-order valence-corrected chi connectivity index (χ3v) is 4.58. The van der Waals surface area contributed by atoms with E-state index in [4.69, 9.17) is 4.42 Å². The Morgan fingerprint density at radius 1 is 1.52 bits per heavy atom. The fraction of sp³-hybridized carbons (Fsp3) is 0.333. The lowest BCUT2D eigenvalue weighted by molar-refractivity contribution is 0.203. The summed E-state index contributed by atoms with van der Waals surface area (Å²) >= 11 is 1.42. The summed E-state index contributed by atoms with van der Waals surface area (Å²) in [4.78, 5) is 16.8. The number of aliphatic hydroxyl groups is 1. The zero-order valence-electron chi connectivity index (χ0n) is 11.7. The standard InChI is InChI=1S/C15H16N2O3S/c1-10-8-21-14-13(10)16-9-17(15(14)19)6-11(7-18)5-12-3-2-4-20-12/h2-4,8-9,11,18H,5-7H2,1H3/t11-/m1/s1. The molecule has 0 radical (unpaired) electrons. The highest BCUT2D eigenvalue weighted by atomic mass is 32.1. The first kappa shape index (κ1) is 14.0. The molecule has 3 aromatic rings. The molecular weight excluding hydrogens is 288 g/mol. The van der Waals surface area contributed by atoms with Gasteiger partial charge in [-0.15, -0.1) is 11.3 Å². The molecule has 3 rings (SSSR count). The Morgan fingerprint density at radius 2 is 2.38 bits per heavy atom. The fourth-order valence-electron chi connectivity index (χ4n) is 2.37. The number of furan rings is 1. The third-order valence-electron chi connectivity index (χ3n) is 3.51. The molecule has 21 heavy (non-hydrogen) atoms. The van der Waals surface area contributed by atoms with Gasteiger partial charge >= 0.3 is 0 Å². The summed E-state index contributed by atoms with van der Waals surface area (Å²) in [6.45, 7) is 2.37. The predicted octanol–water partition coefficient (Wildman–Crippen LogP) is 2.21. The Labute approximate surface area is 125 Å². The van der Waals surface area contributed by atoms with Crippen molar-refractivity contribution >= 4 is 21.6 Å². The summed E-state index contributed by atoms with van der Waals surface area (Å²) in [7, 11) is 0. The number of aryl methyl sites for hydroxylation is 1. The molecule has 0 aliphatic rings. The number of fused-ring (bicyclic) bond motifs is 1. The maximum atomic E-state index is 12.4. The van der Waals surface area contributed by atoms with E-state index in [1.54, 1.807) is 17.2 Å². The molecule has 3 heterocycles. The Balaban J connectivity index is 1.86. The van der Waals surface area contributed by atoms with E-state index < -0.39 is 0 Å². The summed E-state index contributed by atoms with van der Waals surface area (Å²) in [5.41, 5.74) is 1.75. The Hall–Kier alpha value is -1.92. The minimum Gasteiger partial charge on any atom is -0.469 e. The van der Waals surface area contributed by atoms with Gasteiger partial charge in [-0.1, -0.05) is 0 Å². The molecule has 0 unspecified atom stereocenters. The highest BCUT2D eigenvalue weighted by Crippen LogP contribution is 2.19. The molecule has 1 N–H and O–H groups in total. The zero-order chi connectivity index (χ0) is 14.8. The van der Waals surface area contributed by atoms with Crippen LogP contribution in [0, 0.1) is 12.8 Å². The van der Waals surface area contributed by atoms with E-state index in [1.165, 1.54) is 11.3 Å². The average molecular weight is 304 g/mol. The van der Waals surface area contributed by atoms with Crippen LogP contribution in [0.4, 0.5) is 0 Å². The summed E-state index contributed by atoms with van der Waals surface area (Å²) in [6.07, 6.45) is 3.77. The molecule has 0 bridgehead atoms. The van der Waals surface area contributed by atoms with Crippen LogP contribution in [0.3, 0.4) is 0 Å². The van der Waals surface area contributed by atoms with Crippen molar-refractivity contribution in [2.24, 2.45) is 5.92 Å². The van der Waals surface area contributed by atoms with Crippen LogP contribution in [0.2, 0.25) is 0 Å². The SMILES string of the molecule is Cc1csc2c(=O)n(C[C@H](CO)Cc3ccco3)cnc12. The van der Waals surface area contributed by atoms with Gasteiger partial charge in [-0.05, 0) is 30.0 Å². The number of thiophene rings is 1. The molecule has 3 aromatic heterocycles. The first-order valence-electron chi connectivity index (χ1n) is 6.75. The molecule has 110 valence electrons. The Kier molecular flexibility index (Phi) is 3.90. The minimum atomic E-state index is -0.0749. The molecule has 5 nitrogen and oxygen atoms in total. The van der Waals surface area contributed by atoms with Crippen molar-refractivity contribution in [1.29, 1.82) is 0 Å². The van der Waals surface area contributed by atoms with Crippen LogP contribution in [-0.2, 0) is 13.0 Å². The first-order valence-corrected chi connectivity index (χ1v) is 7.63. The molecule has 0 spiro atoms. The van der Waals surface area contributed by atoms with Gasteiger partial charge in [0.25, 0.3) is 5.56 Å². The van der Waals surface area contributed by atoms with Gasteiger partial charge in [0.1, 0.15) is 10.5 Å². The maximum absolute atomic E-state index is 12.4. The van der Waals surface area contributed by atoms with E-state index in [9.17, 15) is 9.90 Å². The quantitative estimate of drug-likeness (QED) is 0.784. The van der Waals surface area contributed by atoms with Crippen molar-refractivity contribution in [3.05, 3.63) is 51.8 Å². The summed E-state index contributed by atoms with van der Waals surface area (Å²) in [5, 5.41) is 11.5. The summed E-state index contributed by atoms with van der Waals surface area (Å²) in [5.74, 6) is 0.734. The monoisotopic (exact) mass is 304 g/mol. The van der Waals surface area contributed by atoms with Gasteiger partial charge in [-0.2, -0.15) is 0 Å². The number of aromatic nitrogens is 2. The molecule has 0 aromatic carbocycles. The van der Waals surface area contributed by atoms with Crippen molar-refractivity contribution in [2.75, 3.05) is 6.61 Å². The second-order valence-electron chi connectivity index (χ2n) is 5.13. The molecule has 0 saturated heterocycles. The average Bonchev–Trinajstić information content (AvgIpc) is 3.11. The van der Waals surface area contributed by atoms with Gasteiger partial charge in [0, 0.05) is 25.5 Å². The minimum absolute atomic E-state index is 0.00531. The zero-order valence-corrected chi connectivity index (χ0v) is 12.5. The van der Waals surface area contributed by atoms with Crippen LogP contribution in [-0.4, -0.2) is 21.3 Å². The lowest BCUT2D eigenvalue weighted by Gasteiger charge is -2.14. The highest BCUT2D eigenvalue weighted by Gasteiger charge is 2.14. The number of nitrogens with zero attached hydrogens (tertiary/aromatic N) is 2. The predicted molar refractivity (Wildman–Crippen MR) is 81.6 cm³/mol. The van der Waals surface area contributed by atoms with Crippen molar-refractivity contribution in [3.63, 3.8) is 0 Å². The van der Waals surface area contributed by atoms with E-state index in [-0.39, 0.29) is 18.1 Å². The second kappa shape index (κ2) is 5.83. The molecule has 0 fully saturated rings. The van der Waals surface area contributed by atoms with Gasteiger partial charge in [0.15, 0.2) is 0 Å². The smallest absolute Gasteiger partial charge is 0.271 e. The summed E-state index contributed by atoms with van der Waals surface area (Å²) < 4.78 is 7.54. The van der Waals surface area contributed by atoms with Crippen LogP contribution in [0.5, 0.6) is 0 Å². The van der Waals surface area contributed by atoms with Gasteiger partial charge < -0.3 is 9.52 Å². The number of rotatable bonds is 5. The molecule has 0 saturated carbocycles. The lowest BCUT2D eigenvalue weighted by atomic mass is 10.1. The van der Waals surface area contributed by atoms with Crippen molar-refractivity contribution in [3.8, 4) is 0 Å². The van der Waals surface area contributed by atoms with E-state index in [1.807, 2.05) is 24.4 Å². The first-order chi connectivity index (χ1) is 10.2. The number of hydrogen-bond acceptors (Lipinski definition) is 5. The van der Waals surface area contributed by atoms with Gasteiger partial charge in [-0.3, -0.25) is 9.36 Å². The van der Waals surface area contributed by atoms with Crippen LogP contribution in [0.25, 0.3) is 10.2 Å². The van der Waals surface area contributed by atoms with Crippen LogP contribution in [0.15, 0.2) is 39.3 Å². The van der Waals surface area contributed by atoms with Crippen molar-refractivity contribution in [2.45, 2.75) is 19.9 Å². The summed E-state index contributed by atoms with van der Waals surface area (Å²) in [6, 6.07) is 3.69. The largest absolute Gasteiger partial charge is 0.469 e. The van der Waals surface area contributed by atoms with Gasteiger partial charge in [0.2, 0.25) is 0 Å². The molecule has 0 aliphatic heterocycles. The van der Waals surface area contributed by atoms with E-state index in [2.05, 4.69) is 4.98 Å². The normalized spacial score (nSPS) is 12.9. The van der Waals surface area contributed by atoms with Gasteiger partial charge in [0.05, 0.1) is 18.1 Å². The van der Waals surface area contributed by atoms with Crippen LogP contribution in [0.1, 0.15) is 11.3 Å². The third kappa shape index (κ3) is 2.77. The van der Waals surface area contributed by atoms with Crippen LogP contribution >= 0.6 is 11.3 Å². The molecular formula is C15H16N2O3S. The van der Waals surface area contributed by atoms with Gasteiger partial charge in [-0.25, -0.2) is 4.98 Å². The van der Waals surface area contributed by atoms with Crippen molar-refractivity contribution < 1.29 is 9.52 Å². The Morgan fingerprint density at radius 3 is 3.10 bits per heavy atom. The molecule has 0 amide bonds. The van der Waals surface area contributed by atoms with E-state index in [0.717, 1.165) is 16.8 Å². The topological polar surface area (TPSA) is 68.3 Å². The lowest BCUT2D eigenvalue weighted by Crippen LogP contribution is -2.26. The fourth-order valence-corrected chi connectivity index (χ4v) is 3.32. The molecule has 6 heteroatoms. The number of aliphatic hydroxyl groups excluding tert-OH is 1. The van der Waals surface area contributed by atoms with E-state index in [0.29, 0.717) is 17.7 Å².